The van der Waals surface area contributed by atoms with Crippen molar-refractivity contribution in [2.45, 2.75) is 25.9 Å². The number of anilines is 1. The fourth-order valence-electron chi connectivity index (χ4n) is 2.14. The minimum Gasteiger partial charge on any atom is -0.352 e. The third-order valence-corrected chi connectivity index (χ3v) is 4.10. The van der Waals surface area contributed by atoms with Gasteiger partial charge in [-0.1, -0.05) is 0 Å². The Bertz CT molecular complexity index is 402. The van der Waals surface area contributed by atoms with Crippen LogP contribution in [0.25, 0.3) is 0 Å². The first-order chi connectivity index (χ1) is 7.99. The van der Waals surface area contributed by atoms with Crippen molar-refractivity contribution in [3.05, 3.63) is 16.0 Å². The van der Waals surface area contributed by atoms with E-state index in [1.54, 1.807) is 6.20 Å². The van der Waals surface area contributed by atoms with Crippen LogP contribution in [0.1, 0.15) is 13.8 Å². The smallest absolute Gasteiger partial charge is 0.224 e. The molecule has 2 unspecified atom stereocenters. The van der Waals surface area contributed by atoms with Gasteiger partial charge in [0.05, 0.1) is 4.47 Å². The summed E-state index contributed by atoms with van der Waals surface area (Å²) >= 11 is 9.34. The summed E-state index contributed by atoms with van der Waals surface area (Å²) in [7, 11) is 2.16. The van der Waals surface area contributed by atoms with Crippen molar-refractivity contribution in [2.24, 2.45) is 0 Å². The molecule has 2 heterocycles. The van der Waals surface area contributed by atoms with E-state index in [4.69, 9.17) is 11.6 Å². The Morgan fingerprint density at radius 2 is 1.94 bits per heavy atom. The van der Waals surface area contributed by atoms with Crippen LogP contribution in [0.2, 0.25) is 5.28 Å². The van der Waals surface area contributed by atoms with Gasteiger partial charge in [-0.3, -0.25) is 4.90 Å². The molecule has 4 nitrogen and oxygen atoms in total. The molecule has 0 amide bonds. The zero-order valence-electron chi connectivity index (χ0n) is 10.2. The Hall–Kier alpha value is -0.390. The van der Waals surface area contributed by atoms with Gasteiger partial charge in [0.15, 0.2) is 0 Å². The molecule has 1 aliphatic heterocycles. The van der Waals surface area contributed by atoms with Crippen molar-refractivity contribution in [1.29, 1.82) is 0 Å². The highest BCUT2D eigenvalue weighted by molar-refractivity contribution is 9.10. The molecule has 1 aliphatic rings. The van der Waals surface area contributed by atoms with Gasteiger partial charge in [0.2, 0.25) is 5.28 Å². The summed E-state index contributed by atoms with van der Waals surface area (Å²) < 4.78 is 0.894. The lowest BCUT2D eigenvalue weighted by Crippen LogP contribution is -2.55. The van der Waals surface area contributed by atoms with E-state index in [-0.39, 0.29) is 0 Å². The molecule has 1 fully saturated rings. The van der Waals surface area contributed by atoms with E-state index in [9.17, 15) is 0 Å². The summed E-state index contributed by atoms with van der Waals surface area (Å²) in [5.41, 5.74) is 0. The van der Waals surface area contributed by atoms with Crippen LogP contribution in [0, 0.1) is 0 Å². The Balaban J connectivity index is 2.25. The van der Waals surface area contributed by atoms with E-state index in [1.165, 1.54) is 0 Å². The highest BCUT2D eigenvalue weighted by Gasteiger charge is 2.28. The van der Waals surface area contributed by atoms with Crippen molar-refractivity contribution < 1.29 is 0 Å². The fourth-order valence-corrected chi connectivity index (χ4v) is 2.71. The van der Waals surface area contributed by atoms with E-state index in [1.807, 2.05) is 0 Å². The number of rotatable bonds is 1. The lowest BCUT2D eigenvalue weighted by atomic mass is 10.1. The highest BCUT2D eigenvalue weighted by Crippen LogP contribution is 2.27. The average Bonchev–Trinajstić information content (AvgIpc) is 2.28. The Labute approximate surface area is 115 Å². The predicted octanol–water partition coefficient (Wildman–Crippen LogP) is 2.42. The molecule has 1 saturated heterocycles. The lowest BCUT2D eigenvalue weighted by molar-refractivity contribution is 0.169. The first-order valence-electron chi connectivity index (χ1n) is 5.64. The highest BCUT2D eigenvalue weighted by atomic mass is 79.9. The SMILES string of the molecule is CC1CN(c2nc(Cl)ncc2Br)CC(C)N1C. The van der Waals surface area contributed by atoms with Gasteiger partial charge in [0.1, 0.15) is 5.82 Å². The molecule has 0 aliphatic carbocycles. The molecule has 6 heteroatoms. The Morgan fingerprint density at radius 1 is 1.35 bits per heavy atom. The number of likely N-dealkylation sites (N-methyl/N-ethyl adjacent to an activating group) is 1. The quantitative estimate of drug-likeness (QED) is 0.744. The minimum atomic E-state index is 0.294. The van der Waals surface area contributed by atoms with E-state index in [0.29, 0.717) is 17.4 Å². The van der Waals surface area contributed by atoms with Crippen molar-refractivity contribution in [3.63, 3.8) is 0 Å². The molecule has 0 aromatic carbocycles. The summed E-state index contributed by atoms with van der Waals surface area (Å²) in [6.45, 7) is 6.35. The van der Waals surface area contributed by atoms with Gasteiger partial charge in [-0.15, -0.1) is 0 Å². The second-order valence-corrected chi connectivity index (χ2v) is 5.77. The number of hydrogen-bond donors (Lipinski definition) is 0. The van der Waals surface area contributed by atoms with Gasteiger partial charge in [-0.25, -0.2) is 4.98 Å². The lowest BCUT2D eigenvalue weighted by Gasteiger charge is -2.43. The van der Waals surface area contributed by atoms with Crippen LogP contribution >= 0.6 is 27.5 Å². The van der Waals surface area contributed by atoms with Gasteiger partial charge in [0, 0.05) is 31.4 Å². The number of halogens is 2. The van der Waals surface area contributed by atoms with E-state index < -0.39 is 0 Å². The normalized spacial score (nSPS) is 26.3. The van der Waals surface area contributed by atoms with Crippen molar-refractivity contribution in [3.8, 4) is 0 Å². The fraction of sp³-hybridized carbons (Fsp3) is 0.636. The molecule has 0 radical (unpaired) electrons. The second-order valence-electron chi connectivity index (χ2n) is 4.58. The maximum Gasteiger partial charge on any atom is 0.224 e. The molecule has 0 bridgehead atoms. The number of aromatic nitrogens is 2. The summed E-state index contributed by atoms with van der Waals surface area (Å²) in [6.07, 6.45) is 1.71. The van der Waals surface area contributed by atoms with Gasteiger partial charge < -0.3 is 4.90 Å². The molecule has 0 spiro atoms. The zero-order valence-corrected chi connectivity index (χ0v) is 12.5. The first-order valence-corrected chi connectivity index (χ1v) is 6.81. The van der Waals surface area contributed by atoms with Gasteiger partial charge in [-0.05, 0) is 48.4 Å². The topological polar surface area (TPSA) is 32.3 Å². The summed E-state index contributed by atoms with van der Waals surface area (Å²) in [6, 6.07) is 0.999. The molecule has 1 aromatic heterocycles. The molecule has 2 rings (SSSR count). The molecular weight excluding hydrogens is 304 g/mol. The largest absolute Gasteiger partial charge is 0.352 e. The summed E-state index contributed by atoms with van der Waals surface area (Å²) in [5, 5.41) is 0.294. The van der Waals surface area contributed by atoms with Crippen LogP contribution in [0.15, 0.2) is 10.7 Å². The molecular formula is C11H16BrClN4. The van der Waals surface area contributed by atoms with Crippen LogP contribution in [-0.2, 0) is 0 Å². The molecule has 17 heavy (non-hydrogen) atoms. The van der Waals surface area contributed by atoms with Crippen LogP contribution < -0.4 is 4.90 Å². The van der Waals surface area contributed by atoms with E-state index in [0.717, 1.165) is 23.4 Å². The third-order valence-electron chi connectivity index (χ3n) is 3.36. The van der Waals surface area contributed by atoms with Crippen molar-refractivity contribution >= 4 is 33.3 Å². The average molecular weight is 320 g/mol. The molecule has 0 N–H and O–H groups in total. The maximum absolute atomic E-state index is 5.86. The van der Waals surface area contributed by atoms with Crippen LogP contribution in [0.3, 0.4) is 0 Å². The number of hydrogen-bond acceptors (Lipinski definition) is 4. The van der Waals surface area contributed by atoms with E-state index >= 15 is 0 Å². The molecule has 94 valence electrons. The monoisotopic (exact) mass is 318 g/mol. The zero-order chi connectivity index (χ0) is 12.6. The molecule has 0 saturated carbocycles. The standard InChI is InChI=1S/C11H16BrClN4/c1-7-5-17(6-8(2)16(7)3)10-9(12)4-14-11(13)15-10/h4,7-8H,5-6H2,1-3H3. The molecule has 1 aromatic rings. The Morgan fingerprint density at radius 3 is 2.53 bits per heavy atom. The van der Waals surface area contributed by atoms with Gasteiger partial charge in [0.25, 0.3) is 0 Å². The number of nitrogens with zero attached hydrogens (tertiary/aromatic N) is 4. The summed E-state index contributed by atoms with van der Waals surface area (Å²) in [4.78, 5) is 12.9. The summed E-state index contributed by atoms with van der Waals surface area (Å²) in [5.74, 6) is 0.886. The predicted molar refractivity (Wildman–Crippen MR) is 73.6 cm³/mol. The van der Waals surface area contributed by atoms with Crippen molar-refractivity contribution in [1.82, 2.24) is 14.9 Å². The third kappa shape index (κ3) is 2.72. The minimum absolute atomic E-state index is 0.294. The van der Waals surface area contributed by atoms with Crippen molar-refractivity contribution in [2.75, 3.05) is 25.0 Å². The van der Waals surface area contributed by atoms with E-state index in [2.05, 4.69) is 56.6 Å². The van der Waals surface area contributed by atoms with Gasteiger partial charge >= 0.3 is 0 Å². The van der Waals surface area contributed by atoms with Crippen LogP contribution in [0.5, 0.6) is 0 Å². The second kappa shape index (κ2) is 5.08. The Kier molecular flexibility index (Phi) is 3.90. The molecule has 2 atom stereocenters. The van der Waals surface area contributed by atoms with Crippen LogP contribution in [-0.4, -0.2) is 47.1 Å². The maximum atomic E-state index is 5.86. The first kappa shape index (κ1) is 13.1. The van der Waals surface area contributed by atoms with Crippen LogP contribution in [0.4, 0.5) is 5.82 Å². The number of piperazine rings is 1. The van der Waals surface area contributed by atoms with Gasteiger partial charge in [-0.2, -0.15) is 4.98 Å².